The molecule has 2 rings (SSSR count). The van der Waals surface area contributed by atoms with Gasteiger partial charge in [-0.3, -0.25) is 4.79 Å². The summed E-state index contributed by atoms with van der Waals surface area (Å²) >= 11 is 0. The van der Waals surface area contributed by atoms with Gasteiger partial charge in [0, 0.05) is 5.69 Å². The van der Waals surface area contributed by atoms with Gasteiger partial charge in [0.1, 0.15) is 0 Å². The minimum atomic E-state index is -3.45. The van der Waals surface area contributed by atoms with Crippen LogP contribution in [0.1, 0.15) is 28.4 Å². The third kappa shape index (κ3) is 3.20. The lowest BCUT2D eigenvalue weighted by Gasteiger charge is -2.12. The molecule has 0 aliphatic rings. The Hall–Kier alpha value is -2.14. The lowest BCUT2D eigenvalue weighted by atomic mass is 10.1. The number of carbonyl (C=O) groups is 1. The van der Waals surface area contributed by atoms with Gasteiger partial charge in [-0.2, -0.15) is 0 Å². The van der Waals surface area contributed by atoms with Crippen LogP contribution in [0.25, 0.3) is 0 Å². The molecule has 1 amide bonds. The molecule has 2 aromatic rings. The Balaban J connectivity index is 2.41. The molecule has 0 heterocycles. The average Bonchev–Trinajstić information content (AvgIpc) is 2.51. The highest BCUT2D eigenvalue weighted by molar-refractivity contribution is 7.91. The molecule has 22 heavy (non-hydrogen) atoms. The zero-order valence-electron chi connectivity index (χ0n) is 12.9. The van der Waals surface area contributed by atoms with Crippen molar-refractivity contribution in [3.8, 4) is 0 Å². The second kappa shape index (κ2) is 6.32. The predicted octanol–water partition coefficient (Wildman–Crippen LogP) is 3.35. The fraction of sp³-hybridized carbons (Fsp3) is 0.235. The first-order valence-corrected chi connectivity index (χ1v) is 8.71. The van der Waals surface area contributed by atoms with Crippen molar-refractivity contribution in [2.75, 3.05) is 11.1 Å². The van der Waals surface area contributed by atoms with E-state index in [4.69, 9.17) is 0 Å². The van der Waals surface area contributed by atoms with Crippen molar-refractivity contribution in [2.24, 2.45) is 0 Å². The van der Waals surface area contributed by atoms with E-state index in [1.165, 1.54) is 12.1 Å². The molecular weight excluding hydrogens is 298 g/mol. The first-order chi connectivity index (χ1) is 10.4. The first-order valence-electron chi connectivity index (χ1n) is 7.06. The van der Waals surface area contributed by atoms with Crippen LogP contribution >= 0.6 is 0 Å². The summed E-state index contributed by atoms with van der Waals surface area (Å²) in [7, 11) is -3.45. The number of hydrogen-bond acceptors (Lipinski definition) is 3. The van der Waals surface area contributed by atoms with Crippen LogP contribution in [0.3, 0.4) is 0 Å². The molecule has 0 saturated heterocycles. The van der Waals surface area contributed by atoms with Crippen LogP contribution < -0.4 is 5.32 Å². The van der Waals surface area contributed by atoms with E-state index >= 15 is 0 Å². The lowest BCUT2D eigenvalue weighted by molar-refractivity contribution is 0.102. The molecule has 0 atom stereocenters. The fourth-order valence-corrected chi connectivity index (χ4v) is 3.25. The Labute approximate surface area is 131 Å². The first kappa shape index (κ1) is 16.2. The number of rotatable bonds is 4. The van der Waals surface area contributed by atoms with E-state index in [9.17, 15) is 13.2 Å². The van der Waals surface area contributed by atoms with Crippen molar-refractivity contribution < 1.29 is 13.2 Å². The number of aryl methyl sites for hydroxylation is 1. The molecule has 0 unspecified atom stereocenters. The highest BCUT2D eigenvalue weighted by Gasteiger charge is 2.20. The van der Waals surface area contributed by atoms with Crippen LogP contribution in [-0.2, 0) is 9.84 Å². The summed E-state index contributed by atoms with van der Waals surface area (Å²) in [5.41, 5.74) is 2.89. The predicted molar refractivity (Wildman–Crippen MR) is 88.0 cm³/mol. The van der Waals surface area contributed by atoms with Gasteiger partial charge >= 0.3 is 0 Å². The molecular formula is C17H19NO3S. The van der Waals surface area contributed by atoms with Crippen molar-refractivity contribution in [3.63, 3.8) is 0 Å². The summed E-state index contributed by atoms with van der Waals surface area (Å²) in [5, 5.41) is 2.80. The van der Waals surface area contributed by atoms with Gasteiger partial charge in [-0.25, -0.2) is 8.42 Å². The van der Waals surface area contributed by atoms with Crippen molar-refractivity contribution in [1.82, 2.24) is 0 Å². The molecule has 0 saturated carbocycles. The minimum absolute atomic E-state index is 0.0409. The SMILES string of the molecule is CCS(=O)(=O)c1ccccc1C(=O)Nc1cccc(C)c1C. The Morgan fingerprint density at radius 1 is 1.05 bits per heavy atom. The summed E-state index contributed by atoms with van der Waals surface area (Å²) < 4.78 is 24.2. The lowest BCUT2D eigenvalue weighted by Crippen LogP contribution is -2.17. The van der Waals surface area contributed by atoms with Gasteiger partial charge in [-0.15, -0.1) is 0 Å². The Morgan fingerprint density at radius 2 is 1.73 bits per heavy atom. The highest BCUT2D eigenvalue weighted by atomic mass is 32.2. The van der Waals surface area contributed by atoms with Crippen LogP contribution in [0, 0.1) is 13.8 Å². The third-order valence-corrected chi connectivity index (χ3v) is 5.49. The Morgan fingerprint density at radius 3 is 2.41 bits per heavy atom. The van der Waals surface area contributed by atoms with E-state index in [0.717, 1.165) is 11.1 Å². The minimum Gasteiger partial charge on any atom is -0.322 e. The molecule has 4 nitrogen and oxygen atoms in total. The fourth-order valence-electron chi connectivity index (χ4n) is 2.16. The monoisotopic (exact) mass is 317 g/mol. The molecule has 0 fully saturated rings. The second-order valence-corrected chi connectivity index (χ2v) is 7.35. The van der Waals surface area contributed by atoms with Gasteiger partial charge in [-0.1, -0.05) is 31.2 Å². The molecule has 0 radical (unpaired) electrons. The maximum atomic E-state index is 12.5. The summed E-state index contributed by atoms with van der Waals surface area (Å²) in [4.78, 5) is 12.6. The van der Waals surface area contributed by atoms with Gasteiger partial charge in [-0.05, 0) is 43.2 Å². The summed E-state index contributed by atoms with van der Waals surface area (Å²) in [6, 6.07) is 11.9. The van der Waals surface area contributed by atoms with Gasteiger partial charge in [0.2, 0.25) is 0 Å². The van der Waals surface area contributed by atoms with E-state index in [2.05, 4.69) is 5.32 Å². The summed E-state index contributed by atoms with van der Waals surface area (Å²) in [5.74, 6) is -0.456. The van der Waals surface area contributed by atoms with E-state index in [-0.39, 0.29) is 16.2 Å². The van der Waals surface area contributed by atoms with Crippen LogP contribution in [-0.4, -0.2) is 20.1 Å². The van der Waals surface area contributed by atoms with Crippen molar-refractivity contribution in [2.45, 2.75) is 25.7 Å². The zero-order chi connectivity index (χ0) is 16.3. The van der Waals surface area contributed by atoms with Crippen molar-refractivity contribution >= 4 is 21.4 Å². The molecule has 0 spiro atoms. The average molecular weight is 317 g/mol. The molecule has 116 valence electrons. The molecule has 1 N–H and O–H groups in total. The molecule has 0 aromatic heterocycles. The second-order valence-electron chi connectivity index (χ2n) is 5.10. The number of sulfone groups is 1. The maximum absolute atomic E-state index is 12.5. The number of amides is 1. The number of carbonyl (C=O) groups excluding carboxylic acids is 1. The molecule has 2 aromatic carbocycles. The standard InChI is InChI=1S/C17H19NO3S/c1-4-22(20,21)16-11-6-5-9-14(16)17(19)18-15-10-7-8-12(2)13(15)3/h5-11H,4H2,1-3H3,(H,18,19). The van der Waals surface area contributed by atoms with Crippen LogP contribution in [0.2, 0.25) is 0 Å². The maximum Gasteiger partial charge on any atom is 0.256 e. The normalized spacial score (nSPS) is 11.2. The summed E-state index contributed by atoms with van der Waals surface area (Å²) in [6.45, 7) is 5.44. The van der Waals surface area contributed by atoms with E-state index in [1.807, 2.05) is 26.0 Å². The van der Waals surface area contributed by atoms with Crippen LogP contribution in [0.5, 0.6) is 0 Å². The van der Waals surface area contributed by atoms with E-state index in [1.54, 1.807) is 25.1 Å². The van der Waals surface area contributed by atoms with E-state index < -0.39 is 15.7 Å². The smallest absolute Gasteiger partial charge is 0.256 e. The highest BCUT2D eigenvalue weighted by Crippen LogP contribution is 2.22. The zero-order valence-corrected chi connectivity index (χ0v) is 13.7. The quantitative estimate of drug-likeness (QED) is 0.940. The third-order valence-electron chi connectivity index (χ3n) is 3.70. The largest absolute Gasteiger partial charge is 0.322 e. The van der Waals surface area contributed by atoms with Crippen LogP contribution in [0.15, 0.2) is 47.4 Å². The van der Waals surface area contributed by atoms with Gasteiger partial charge in [0.05, 0.1) is 16.2 Å². The molecule has 0 bridgehead atoms. The van der Waals surface area contributed by atoms with Crippen molar-refractivity contribution in [3.05, 3.63) is 59.2 Å². The molecule has 0 aliphatic carbocycles. The van der Waals surface area contributed by atoms with E-state index in [0.29, 0.717) is 5.69 Å². The number of anilines is 1. The topological polar surface area (TPSA) is 63.2 Å². The Kier molecular flexibility index (Phi) is 4.66. The van der Waals surface area contributed by atoms with Crippen LogP contribution in [0.4, 0.5) is 5.69 Å². The van der Waals surface area contributed by atoms with Gasteiger partial charge < -0.3 is 5.32 Å². The number of benzene rings is 2. The Bertz CT molecular complexity index is 810. The summed E-state index contributed by atoms with van der Waals surface area (Å²) in [6.07, 6.45) is 0. The molecule has 5 heteroatoms. The molecule has 0 aliphatic heterocycles. The van der Waals surface area contributed by atoms with Crippen molar-refractivity contribution in [1.29, 1.82) is 0 Å². The number of nitrogens with one attached hydrogen (secondary N) is 1. The van der Waals surface area contributed by atoms with Gasteiger partial charge in [0.15, 0.2) is 9.84 Å². The van der Waals surface area contributed by atoms with Gasteiger partial charge in [0.25, 0.3) is 5.91 Å². The number of hydrogen-bond donors (Lipinski definition) is 1.